The first-order valence-corrected chi connectivity index (χ1v) is 10.4. The maximum Gasteiger partial charge on any atom is 0.263 e. The molecule has 0 fully saturated rings. The van der Waals surface area contributed by atoms with Gasteiger partial charge in [-0.15, -0.1) is 34.4 Å². The number of carbonyl (C=O) groups excluding carboxylic acids is 1. The van der Waals surface area contributed by atoms with Gasteiger partial charge in [0.05, 0.1) is 16.6 Å². The number of aromatic nitrogens is 1. The number of thiophene rings is 1. The molecule has 4 rings (SSSR count). The van der Waals surface area contributed by atoms with E-state index in [0.717, 1.165) is 27.8 Å². The number of thiazole rings is 1. The van der Waals surface area contributed by atoms with Gasteiger partial charge in [-0.05, 0) is 36.4 Å². The third-order valence-electron chi connectivity index (χ3n) is 4.00. The quantitative estimate of drug-likeness (QED) is 0.691. The van der Waals surface area contributed by atoms with Crippen LogP contribution in [0.3, 0.4) is 0 Å². The minimum absolute atomic E-state index is 0.0143. The van der Waals surface area contributed by atoms with E-state index >= 15 is 0 Å². The lowest BCUT2D eigenvalue weighted by molar-refractivity contribution is 0.0938. The van der Waals surface area contributed by atoms with Crippen molar-refractivity contribution in [1.82, 2.24) is 10.3 Å². The Morgan fingerprint density at radius 2 is 2.12 bits per heavy atom. The molecule has 1 unspecified atom stereocenters. The summed E-state index contributed by atoms with van der Waals surface area (Å²) in [5, 5.41) is 6.17. The number of carbonyl (C=O) groups is 1. The summed E-state index contributed by atoms with van der Waals surface area (Å²) >= 11 is 4.99. The van der Waals surface area contributed by atoms with Crippen LogP contribution in [0.25, 0.3) is 9.88 Å². The number of nitrogens with one attached hydrogen (secondary N) is 1. The Bertz CT molecular complexity index is 870. The van der Waals surface area contributed by atoms with E-state index in [4.69, 9.17) is 0 Å². The fourth-order valence-corrected chi connectivity index (χ4v) is 5.72. The lowest BCUT2D eigenvalue weighted by Gasteiger charge is -2.25. The second-order valence-corrected chi connectivity index (χ2v) is 8.70. The fourth-order valence-electron chi connectivity index (χ4n) is 2.83. The highest BCUT2D eigenvalue weighted by atomic mass is 32.2. The number of rotatable bonds is 3. The second-order valence-electron chi connectivity index (χ2n) is 5.61. The average molecular weight is 373 g/mol. The molecule has 1 aliphatic rings. The summed E-state index contributed by atoms with van der Waals surface area (Å²) < 4.78 is 0. The van der Waals surface area contributed by atoms with Gasteiger partial charge in [-0.2, -0.15) is 0 Å². The summed E-state index contributed by atoms with van der Waals surface area (Å²) in [6.07, 6.45) is 0.961. The lowest BCUT2D eigenvalue weighted by atomic mass is 10.0. The van der Waals surface area contributed by atoms with E-state index < -0.39 is 0 Å². The number of thioether (sulfide) groups is 1. The molecule has 1 aliphatic heterocycles. The Labute approximate surface area is 153 Å². The highest BCUT2D eigenvalue weighted by Gasteiger charge is 2.24. The van der Waals surface area contributed by atoms with E-state index in [-0.39, 0.29) is 11.9 Å². The number of nitrogens with zero attached hydrogens (tertiary/aromatic N) is 1. The number of benzene rings is 1. The van der Waals surface area contributed by atoms with Crippen molar-refractivity contribution in [2.24, 2.45) is 0 Å². The van der Waals surface area contributed by atoms with E-state index in [1.54, 1.807) is 11.3 Å². The highest BCUT2D eigenvalue weighted by molar-refractivity contribution is 7.99. The number of hydrogen-bond acceptors (Lipinski definition) is 5. The molecule has 6 heteroatoms. The van der Waals surface area contributed by atoms with Gasteiger partial charge < -0.3 is 5.32 Å². The fraction of sp³-hybridized carbons (Fsp3) is 0.222. The summed E-state index contributed by atoms with van der Waals surface area (Å²) in [5.74, 6) is 1.02. The van der Waals surface area contributed by atoms with Crippen LogP contribution in [0.4, 0.5) is 0 Å². The maximum absolute atomic E-state index is 12.8. The third-order valence-corrected chi connectivity index (χ3v) is 7.32. The predicted molar refractivity (Wildman–Crippen MR) is 102 cm³/mol. The summed E-state index contributed by atoms with van der Waals surface area (Å²) in [6, 6.07) is 12.5. The molecule has 24 heavy (non-hydrogen) atoms. The van der Waals surface area contributed by atoms with Crippen LogP contribution >= 0.6 is 34.4 Å². The van der Waals surface area contributed by atoms with Crippen molar-refractivity contribution in [2.75, 3.05) is 5.75 Å². The van der Waals surface area contributed by atoms with Gasteiger partial charge in [0.2, 0.25) is 0 Å². The molecular formula is C18H16N2OS3. The molecule has 3 heterocycles. The van der Waals surface area contributed by atoms with Crippen LogP contribution < -0.4 is 5.32 Å². The summed E-state index contributed by atoms with van der Waals surface area (Å²) in [4.78, 5) is 20.5. The van der Waals surface area contributed by atoms with E-state index in [1.807, 2.05) is 42.3 Å². The molecule has 0 spiro atoms. The Morgan fingerprint density at radius 3 is 2.96 bits per heavy atom. The van der Waals surface area contributed by atoms with Gasteiger partial charge in [0.25, 0.3) is 5.91 Å². The standard InChI is InChI=1S/C18H16N2OS3/c1-11-16(24-18(19-11)15-7-4-9-22-15)17(21)20-13-8-10-23-14-6-3-2-5-12(13)14/h2-7,9,13H,8,10H2,1H3,(H,20,21). The monoisotopic (exact) mass is 372 g/mol. The first-order chi connectivity index (χ1) is 11.7. The van der Waals surface area contributed by atoms with Gasteiger partial charge in [-0.3, -0.25) is 4.79 Å². The molecular weight excluding hydrogens is 356 g/mol. The van der Waals surface area contributed by atoms with Crippen molar-refractivity contribution in [3.63, 3.8) is 0 Å². The van der Waals surface area contributed by atoms with Crippen LogP contribution in [0.5, 0.6) is 0 Å². The van der Waals surface area contributed by atoms with Crippen LogP contribution in [0.15, 0.2) is 46.7 Å². The van der Waals surface area contributed by atoms with Crippen LogP contribution in [0.2, 0.25) is 0 Å². The Hall–Kier alpha value is -1.63. The van der Waals surface area contributed by atoms with Crippen molar-refractivity contribution in [1.29, 1.82) is 0 Å². The van der Waals surface area contributed by atoms with E-state index in [2.05, 4.69) is 28.5 Å². The second kappa shape index (κ2) is 6.70. The zero-order chi connectivity index (χ0) is 16.5. The highest BCUT2D eigenvalue weighted by Crippen LogP contribution is 2.36. The zero-order valence-electron chi connectivity index (χ0n) is 13.1. The van der Waals surface area contributed by atoms with Gasteiger partial charge in [-0.25, -0.2) is 4.98 Å². The Kier molecular flexibility index (Phi) is 4.43. The van der Waals surface area contributed by atoms with Crippen LogP contribution in [-0.2, 0) is 0 Å². The van der Waals surface area contributed by atoms with Crippen molar-refractivity contribution in [3.05, 3.63) is 57.9 Å². The largest absolute Gasteiger partial charge is 0.344 e. The molecule has 0 saturated carbocycles. The van der Waals surface area contributed by atoms with Crippen molar-refractivity contribution >= 4 is 40.3 Å². The predicted octanol–water partition coefficient (Wildman–Crippen LogP) is 5.15. The molecule has 1 atom stereocenters. The first kappa shape index (κ1) is 15.9. The SMILES string of the molecule is Cc1nc(-c2cccs2)sc1C(=O)NC1CCSc2ccccc21. The molecule has 1 N–H and O–H groups in total. The van der Waals surface area contributed by atoms with Gasteiger partial charge in [0.15, 0.2) is 0 Å². The Morgan fingerprint density at radius 1 is 1.25 bits per heavy atom. The van der Waals surface area contributed by atoms with Crippen LogP contribution in [0.1, 0.15) is 33.4 Å². The molecule has 0 bridgehead atoms. The number of hydrogen-bond donors (Lipinski definition) is 1. The van der Waals surface area contributed by atoms with Crippen molar-refractivity contribution < 1.29 is 4.79 Å². The number of fused-ring (bicyclic) bond motifs is 1. The smallest absolute Gasteiger partial charge is 0.263 e. The molecule has 0 saturated heterocycles. The maximum atomic E-state index is 12.8. The van der Waals surface area contributed by atoms with Crippen LogP contribution in [-0.4, -0.2) is 16.6 Å². The zero-order valence-corrected chi connectivity index (χ0v) is 15.6. The molecule has 3 aromatic rings. The molecule has 2 aromatic heterocycles. The van der Waals surface area contributed by atoms with E-state index in [0.29, 0.717) is 4.88 Å². The van der Waals surface area contributed by atoms with Gasteiger partial charge in [0.1, 0.15) is 9.88 Å². The third kappa shape index (κ3) is 3.01. The van der Waals surface area contributed by atoms with Gasteiger partial charge in [0, 0.05) is 10.6 Å². The first-order valence-electron chi connectivity index (χ1n) is 7.76. The van der Waals surface area contributed by atoms with Crippen molar-refractivity contribution in [2.45, 2.75) is 24.3 Å². The summed E-state index contributed by atoms with van der Waals surface area (Å²) in [7, 11) is 0. The molecule has 0 aliphatic carbocycles. The summed E-state index contributed by atoms with van der Waals surface area (Å²) in [5.41, 5.74) is 2.03. The normalized spacial score (nSPS) is 16.6. The van der Waals surface area contributed by atoms with E-state index in [1.165, 1.54) is 21.8 Å². The summed E-state index contributed by atoms with van der Waals surface area (Å²) in [6.45, 7) is 1.91. The molecule has 0 radical (unpaired) electrons. The molecule has 122 valence electrons. The average Bonchev–Trinajstić information content (AvgIpc) is 3.24. The van der Waals surface area contributed by atoms with E-state index in [9.17, 15) is 4.79 Å². The number of aryl methyl sites for hydroxylation is 1. The molecule has 1 amide bonds. The minimum Gasteiger partial charge on any atom is -0.344 e. The van der Waals surface area contributed by atoms with Crippen LogP contribution in [0, 0.1) is 6.92 Å². The topological polar surface area (TPSA) is 42.0 Å². The number of amides is 1. The van der Waals surface area contributed by atoms with Crippen molar-refractivity contribution in [3.8, 4) is 9.88 Å². The molecule has 3 nitrogen and oxygen atoms in total. The Balaban J connectivity index is 1.57. The molecule has 1 aromatic carbocycles. The minimum atomic E-state index is -0.0143. The van der Waals surface area contributed by atoms with Gasteiger partial charge >= 0.3 is 0 Å². The lowest BCUT2D eigenvalue weighted by Crippen LogP contribution is -2.30. The van der Waals surface area contributed by atoms with Gasteiger partial charge in [-0.1, -0.05) is 24.3 Å².